The van der Waals surface area contributed by atoms with Gasteiger partial charge in [0.05, 0.1) is 0 Å². The van der Waals surface area contributed by atoms with E-state index in [1.165, 1.54) is 25.0 Å². The molecule has 1 rings (SSSR count). The topological polar surface area (TPSA) is 12.0 Å². The van der Waals surface area contributed by atoms with Crippen LogP contribution in [0.5, 0.6) is 0 Å². The van der Waals surface area contributed by atoms with E-state index in [-0.39, 0.29) is 0 Å². The van der Waals surface area contributed by atoms with Crippen molar-refractivity contribution in [1.82, 2.24) is 5.32 Å². The molecule has 0 aromatic carbocycles. The van der Waals surface area contributed by atoms with Crippen molar-refractivity contribution >= 4 is 11.8 Å². The van der Waals surface area contributed by atoms with Gasteiger partial charge in [-0.1, -0.05) is 19.9 Å². The Labute approximate surface area is 99.1 Å². The van der Waals surface area contributed by atoms with Gasteiger partial charge in [-0.15, -0.1) is 6.58 Å². The van der Waals surface area contributed by atoms with Crippen LogP contribution < -0.4 is 5.32 Å². The van der Waals surface area contributed by atoms with Crippen LogP contribution in [0, 0.1) is 11.8 Å². The quantitative estimate of drug-likeness (QED) is 0.552. The fourth-order valence-electron chi connectivity index (χ4n) is 2.62. The van der Waals surface area contributed by atoms with Gasteiger partial charge in [-0.05, 0) is 31.1 Å². The Bertz CT molecular complexity index is 171. The lowest BCUT2D eigenvalue weighted by atomic mass is 9.80. The molecule has 0 aromatic heterocycles. The van der Waals surface area contributed by atoms with Gasteiger partial charge >= 0.3 is 0 Å². The first kappa shape index (κ1) is 13.1. The normalized spacial score (nSPS) is 31.5. The molecule has 0 spiro atoms. The highest BCUT2D eigenvalue weighted by atomic mass is 32.2. The summed E-state index contributed by atoms with van der Waals surface area (Å²) in [6.07, 6.45) is 6.14. The van der Waals surface area contributed by atoms with Crippen molar-refractivity contribution in [3.8, 4) is 0 Å². The Balaban J connectivity index is 2.07. The van der Waals surface area contributed by atoms with E-state index < -0.39 is 0 Å². The van der Waals surface area contributed by atoms with Crippen molar-refractivity contribution in [2.45, 2.75) is 39.2 Å². The summed E-state index contributed by atoms with van der Waals surface area (Å²) in [5.41, 5.74) is 0. The van der Waals surface area contributed by atoms with Crippen molar-refractivity contribution in [1.29, 1.82) is 0 Å². The Morgan fingerprint density at radius 2 is 1.93 bits per heavy atom. The zero-order chi connectivity index (χ0) is 11.1. The fraction of sp³-hybridized carbons (Fsp3) is 0.846. The Morgan fingerprint density at radius 1 is 1.27 bits per heavy atom. The van der Waals surface area contributed by atoms with Crippen molar-refractivity contribution in [2.24, 2.45) is 11.8 Å². The maximum atomic E-state index is 3.73. The van der Waals surface area contributed by atoms with Crippen LogP contribution in [0.15, 0.2) is 12.7 Å². The van der Waals surface area contributed by atoms with Crippen LogP contribution in [0.3, 0.4) is 0 Å². The van der Waals surface area contributed by atoms with E-state index in [0.29, 0.717) is 0 Å². The van der Waals surface area contributed by atoms with Gasteiger partial charge in [-0.3, -0.25) is 0 Å². The molecular formula is C13H25NS. The van der Waals surface area contributed by atoms with E-state index >= 15 is 0 Å². The summed E-state index contributed by atoms with van der Waals surface area (Å²) in [6, 6.07) is 0.771. The largest absolute Gasteiger partial charge is 0.313 e. The monoisotopic (exact) mass is 227 g/mol. The molecule has 0 radical (unpaired) electrons. The van der Waals surface area contributed by atoms with Crippen LogP contribution in [0.4, 0.5) is 0 Å². The molecule has 1 aliphatic rings. The molecule has 0 bridgehead atoms. The Hall–Kier alpha value is 0.0500. The summed E-state index contributed by atoms with van der Waals surface area (Å²) in [6.45, 7) is 9.65. The zero-order valence-corrected chi connectivity index (χ0v) is 11.0. The average Bonchev–Trinajstić information content (AvgIpc) is 2.16. The first-order valence-electron chi connectivity index (χ1n) is 6.14. The molecule has 0 heterocycles. The van der Waals surface area contributed by atoms with Crippen molar-refractivity contribution < 1.29 is 0 Å². The van der Waals surface area contributed by atoms with E-state index in [1.54, 1.807) is 0 Å². The second-order valence-corrected chi connectivity index (χ2v) is 6.08. The summed E-state index contributed by atoms with van der Waals surface area (Å²) < 4.78 is 0. The summed E-state index contributed by atoms with van der Waals surface area (Å²) in [7, 11) is 0. The van der Waals surface area contributed by atoms with Gasteiger partial charge in [0.15, 0.2) is 0 Å². The molecule has 88 valence electrons. The number of thioether (sulfide) groups is 1. The van der Waals surface area contributed by atoms with Crippen LogP contribution in [-0.4, -0.2) is 24.1 Å². The third-order valence-electron chi connectivity index (χ3n) is 3.09. The molecule has 0 amide bonds. The average molecular weight is 227 g/mol. The molecule has 1 aliphatic carbocycles. The summed E-state index contributed by atoms with van der Waals surface area (Å²) in [5.74, 6) is 4.11. The van der Waals surface area contributed by atoms with Crippen LogP contribution in [0.1, 0.15) is 33.1 Å². The van der Waals surface area contributed by atoms with Gasteiger partial charge in [0, 0.05) is 24.1 Å². The lowest BCUT2D eigenvalue weighted by molar-refractivity contribution is 0.242. The standard InChI is InChI=1S/C13H25NS/c1-4-6-15-7-5-14-13-9-11(2)8-12(3)10-13/h4,11-14H,1,5-10H2,2-3H3. The van der Waals surface area contributed by atoms with Gasteiger partial charge in [0.2, 0.25) is 0 Å². The zero-order valence-electron chi connectivity index (χ0n) is 10.2. The van der Waals surface area contributed by atoms with Gasteiger partial charge < -0.3 is 5.32 Å². The van der Waals surface area contributed by atoms with Crippen LogP contribution >= 0.6 is 11.8 Å². The van der Waals surface area contributed by atoms with Crippen molar-refractivity contribution in [3.63, 3.8) is 0 Å². The molecule has 0 aromatic rings. The summed E-state index contributed by atoms with van der Waals surface area (Å²) in [4.78, 5) is 0. The minimum Gasteiger partial charge on any atom is -0.313 e. The molecule has 2 heteroatoms. The number of hydrogen-bond donors (Lipinski definition) is 1. The lowest BCUT2D eigenvalue weighted by Gasteiger charge is -2.32. The van der Waals surface area contributed by atoms with Crippen molar-refractivity contribution in [2.75, 3.05) is 18.1 Å². The smallest absolute Gasteiger partial charge is 0.0111 e. The van der Waals surface area contributed by atoms with E-state index in [4.69, 9.17) is 0 Å². The third-order valence-corrected chi connectivity index (χ3v) is 4.06. The van der Waals surface area contributed by atoms with Crippen LogP contribution in [0.25, 0.3) is 0 Å². The van der Waals surface area contributed by atoms with Gasteiger partial charge in [0.25, 0.3) is 0 Å². The van der Waals surface area contributed by atoms with Crippen LogP contribution in [0.2, 0.25) is 0 Å². The molecule has 0 aliphatic heterocycles. The fourth-order valence-corrected chi connectivity index (χ4v) is 3.21. The molecule has 1 saturated carbocycles. The lowest BCUT2D eigenvalue weighted by Crippen LogP contribution is -2.37. The summed E-state index contributed by atoms with van der Waals surface area (Å²) >= 11 is 1.96. The number of rotatable bonds is 6. The summed E-state index contributed by atoms with van der Waals surface area (Å²) in [5, 5.41) is 3.69. The molecule has 1 fully saturated rings. The van der Waals surface area contributed by atoms with Crippen molar-refractivity contribution in [3.05, 3.63) is 12.7 Å². The maximum absolute atomic E-state index is 3.73. The number of nitrogens with one attached hydrogen (secondary N) is 1. The van der Waals surface area contributed by atoms with Gasteiger partial charge in [0.1, 0.15) is 0 Å². The van der Waals surface area contributed by atoms with Gasteiger partial charge in [-0.25, -0.2) is 0 Å². The molecule has 2 atom stereocenters. The highest BCUT2D eigenvalue weighted by molar-refractivity contribution is 7.99. The van der Waals surface area contributed by atoms with E-state index in [1.807, 2.05) is 17.8 Å². The molecule has 1 nitrogen and oxygen atoms in total. The second kappa shape index (κ2) is 7.34. The van der Waals surface area contributed by atoms with Crippen LogP contribution in [-0.2, 0) is 0 Å². The Kier molecular flexibility index (Phi) is 6.42. The molecular weight excluding hydrogens is 202 g/mol. The molecule has 2 unspecified atom stereocenters. The number of hydrogen-bond acceptors (Lipinski definition) is 2. The SMILES string of the molecule is C=CCSCCNC1CC(C)CC(C)C1. The molecule has 15 heavy (non-hydrogen) atoms. The highest BCUT2D eigenvalue weighted by Crippen LogP contribution is 2.28. The predicted molar refractivity (Wildman–Crippen MR) is 71.5 cm³/mol. The van der Waals surface area contributed by atoms with E-state index in [0.717, 1.165) is 30.2 Å². The maximum Gasteiger partial charge on any atom is 0.0111 e. The second-order valence-electron chi connectivity index (χ2n) is 4.93. The minimum absolute atomic E-state index is 0.771. The van der Waals surface area contributed by atoms with E-state index in [2.05, 4.69) is 25.7 Å². The van der Waals surface area contributed by atoms with E-state index in [9.17, 15) is 0 Å². The minimum atomic E-state index is 0.771. The molecule has 0 saturated heterocycles. The predicted octanol–water partition coefficient (Wildman–Crippen LogP) is 3.32. The van der Waals surface area contributed by atoms with Gasteiger partial charge in [-0.2, -0.15) is 11.8 Å². The molecule has 1 N–H and O–H groups in total. The highest BCUT2D eigenvalue weighted by Gasteiger charge is 2.22. The first-order valence-corrected chi connectivity index (χ1v) is 7.29. The third kappa shape index (κ3) is 5.62. The Morgan fingerprint density at radius 3 is 2.53 bits per heavy atom. The first-order chi connectivity index (χ1) is 7.22.